The van der Waals surface area contributed by atoms with E-state index in [-0.39, 0.29) is 5.28 Å². The van der Waals surface area contributed by atoms with Crippen molar-refractivity contribution in [2.45, 2.75) is 6.54 Å². The maximum absolute atomic E-state index is 5.85. The first kappa shape index (κ1) is 13.1. The molecule has 0 amide bonds. The lowest BCUT2D eigenvalue weighted by atomic mass is 10.2. The van der Waals surface area contributed by atoms with E-state index in [4.69, 9.17) is 17.3 Å². The Hall–Kier alpha value is -1.33. The molecule has 2 aromatic rings. The number of rotatable bonds is 3. The predicted octanol–water partition coefficient (Wildman–Crippen LogP) is 3.11. The van der Waals surface area contributed by atoms with Gasteiger partial charge in [0.2, 0.25) is 5.28 Å². The van der Waals surface area contributed by atoms with E-state index < -0.39 is 0 Å². The molecule has 4 nitrogen and oxygen atoms in total. The topological polar surface area (TPSA) is 55.0 Å². The SMILES string of the molecule is CN(Cc1ccccc1Br)c1nc(Cl)ncc1N. The van der Waals surface area contributed by atoms with E-state index in [1.54, 1.807) is 0 Å². The fourth-order valence-corrected chi connectivity index (χ4v) is 2.16. The summed E-state index contributed by atoms with van der Waals surface area (Å²) in [7, 11) is 1.91. The van der Waals surface area contributed by atoms with Gasteiger partial charge in [-0.15, -0.1) is 0 Å². The van der Waals surface area contributed by atoms with Crippen molar-refractivity contribution < 1.29 is 0 Å². The normalized spacial score (nSPS) is 10.4. The van der Waals surface area contributed by atoms with Crippen LogP contribution in [0.2, 0.25) is 5.28 Å². The van der Waals surface area contributed by atoms with Gasteiger partial charge >= 0.3 is 0 Å². The molecule has 0 aliphatic rings. The molecule has 18 heavy (non-hydrogen) atoms. The third-order valence-corrected chi connectivity index (χ3v) is 3.45. The molecule has 0 radical (unpaired) electrons. The van der Waals surface area contributed by atoms with Crippen molar-refractivity contribution in [2.75, 3.05) is 17.7 Å². The lowest BCUT2D eigenvalue weighted by Gasteiger charge is -2.20. The van der Waals surface area contributed by atoms with Gasteiger partial charge in [0.15, 0.2) is 5.82 Å². The average Bonchev–Trinajstić information content (AvgIpc) is 2.35. The van der Waals surface area contributed by atoms with Crippen LogP contribution < -0.4 is 10.6 Å². The van der Waals surface area contributed by atoms with Gasteiger partial charge in [0.05, 0.1) is 11.9 Å². The molecule has 2 N–H and O–H groups in total. The van der Waals surface area contributed by atoms with E-state index >= 15 is 0 Å². The zero-order valence-corrected chi connectivity index (χ0v) is 12.1. The Kier molecular flexibility index (Phi) is 4.04. The summed E-state index contributed by atoms with van der Waals surface area (Å²) in [6.45, 7) is 0.680. The maximum Gasteiger partial charge on any atom is 0.224 e. The lowest BCUT2D eigenvalue weighted by molar-refractivity contribution is 0.890. The van der Waals surface area contributed by atoms with Crippen molar-refractivity contribution in [3.05, 3.63) is 45.8 Å². The van der Waals surface area contributed by atoms with Crippen molar-refractivity contribution in [3.63, 3.8) is 0 Å². The molecule has 1 heterocycles. The van der Waals surface area contributed by atoms with Crippen LogP contribution in [0, 0.1) is 0 Å². The van der Waals surface area contributed by atoms with E-state index in [1.807, 2.05) is 36.2 Å². The first-order valence-corrected chi connectivity index (χ1v) is 6.47. The van der Waals surface area contributed by atoms with E-state index in [2.05, 4.69) is 25.9 Å². The Morgan fingerprint density at radius 2 is 2.11 bits per heavy atom. The molecule has 1 aromatic heterocycles. The molecule has 0 fully saturated rings. The molecule has 0 saturated carbocycles. The maximum atomic E-state index is 5.85. The third kappa shape index (κ3) is 2.91. The quantitative estimate of drug-likeness (QED) is 0.880. The van der Waals surface area contributed by atoms with E-state index in [1.165, 1.54) is 6.20 Å². The smallest absolute Gasteiger partial charge is 0.224 e. The Morgan fingerprint density at radius 3 is 2.83 bits per heavy atom. The minimum absolute atomic E-state index is 0.193. The molecule has 1 aromatic carbocycles. The highest BCUT2D eigenvalue weighted by Gasteiger charge is 2.10. The van der Waals surface area contributed by atoms with E-state index in [0.29, 0.717) is 18.1 Å². The van der Waals surface area contributed by atoms with Crippen molar-refractivity contribution in [1.82, 2.24) is 9.97 Å². The van der Waals surface area contributed by atoms with E-state index in [0.717, 1.165) is 10.0 Å². The van der Waals surface area contributed by atoms with Crippen LogP contribution >= 0.6 is 27.5 Å². The minimum atomic E-state index is 0.193. The molecular formula is C12H12BrClN4. The molecule has 0 saturated heterocycles. The molecule has 2 rings (SSSR count). The Bertz CT molecular complexity index is 562. The zero-order valence-electron chi connectivity index (χ0n) is 9.77. The summed E-state index contributed by atoms with van der Waals surface area (Å²) in [6.07, 6.45) is 1.52. The van der Waals surface area contributed by atoms with Crippen LogP contribution in [0.5, 0.6) is 0 Å². The highest BCUT2D eigenvalue weighted by molar-refractivity contribution is 9.10. The van der Waals surface area contributed by atoms with Crippen LogP contribution in [0.1, 0.15) is 5.56 Å². The monoisotopic (exact) mass is 326 g/mol. The van der Waals surface area contributed by atoms with Crippen LogP contribution in [0.25, 0.3) is 0 Å². The Labute approximate surface area is 119 Å². The zero-order chi connectivity index (χ0) is 13.1. The first-order chi connectivity index (χ1) is 8.58. The second-order valence-corrected chi connectivity index (χ2v) is 5.06. The van der Waals surface area contributed by atoms with Gasteiger partial charge in [-0.05, 0) is 23.2 Å². The number of anilines is 2. The minimum Gasteiger partial charge on any atom is -0.394 e. The molecule has 0 unspecified atom stereocenters. The number of halogens is 2. The second-order valence-electron chi connectivity index (χ2n) is 3.87. The van der Waals surface area contributed by atoms with Gasteiger partial charge in [0.25, 0.3) is 0 Å². The largest absolute Gasteiger partial charge is 0.394 e. The van der Waals surface area contributed by atoms with Crippen molar-refractivity contribution >= 4 is 39.0 Å². The van der Waals surface area contributed by atoms with Gasteiger partial charge in [-0.3, -0.25) is 0 Å². The summed E-state index contributed by atoms with van der Waals surface area (Å²) in [5.41, 5.74) is 7.50. The Morgan fingerprint density at radius 1 is 1.39 bits per heavy atom. The summed E-state index contributed by atoms with van der Waals surface area (Å²) in [5.74, 6) is 0.630. The highest BCUT2D eigenvalue weighted by atomic mass is 79.9. The molecular weight excluding hydrogens is 316 g/mol. The number of nitrogens with zero attached hydrogens (tertiary/aromatic N) is 3. The summed E-state index contributed by atoms with van der Waals surface area (Å²) in [6, 6.07) is 8.01. The molecule has 6 heteroatoms. The molecule has 0 aliphatic heterocycles. The fourth-order valence-electron chi connectivity index (χ4n) is 1.62. The Balaban J connectivity index is 2.25. The number of hydrogen-bond acceptors (Lipinski definition) is 4. The first-order valence-electron chi connectivity index (χ1n) is 5.30. The number of nitrogens with two attached hydrogens (primary N) is 1. The summed E-state index contributed by atoms with van der Waals surface area (Å²) in [4.78, 5) is 9.91. The van der Waals surface area contributed by atoms with Gasteiger partial charge in [0, 0.05) is 18.1 Å². The van der Waals surface area contributed by atoms with Crippen LogP contribution in [-0.2, 0) is 6.54 Å². The number of hydrogen-bond donors (Lipinski definition) is 1. The van der Waals surface area contributed by atoms with Crippen molar-refractivity contribution in [1.29, 1.82) is 0 Å². The summed E-state index contributed by atoms with van der Waals surface area (Å²) in [5, 5.41) is 0.193. The average molecular weight is 328 g/mol. The van der Waals surface area contributed by atoms with Gasteiger partial charge in [-0.2, -0.15) is 4.98 Å². The van der Waals surface area contributed by atoms with Crippen molar-refractivity contribution in [2.24, 2.45) is 0 Å². The van der Waals surface area contributed by atoms with Crippen LogP contribution in [0.15, 0.2) is 34.9 Å². The molecule has 0 aliphatic carbocycles. The van der Waals surface area contributed by atoms with Crippen LogP contribution in [-0.4, -0.2) is 17.0 Å². The molecule has 0 spiro atoms. The van der Waals surface area contributed by atoms with Gasteiger partial charge < -0.3 is 10.6 Å². The standard InChI is InChI=1S/C12H12BrClN4/c1-18(7-8-4-2-3-5-9(8)13)11-10(15)6-16-12(14)17-11/h2-6H,7,15H2,1H3. The van der Waals surface area contributed by atoms with E-state index in [9.17, 15) is 0 Å². The summed E-state index contributed by atoms with van der Waals surface area (Å²) >= 11 is 9.30. The van der Waals surface area contributed by atoms with Crippen LogP contribution in [0.3, 0.4) is 0 Å². The van der Waals surface area contributed by atoms with Gasteiger partial charge in [0.1, 0.15) is 0 Å². The fraction of sp³-hybridized carbons (Fsp3) is 0.167. The van der Waals surface area contributed by atoms with Gasteiger partial charge in [-0.1, -0.05) is 34.1 Å². The highest BCUT2D eigenvalue weighted by Crippen LogP contribution is 2.24. The van der Waals surface area contributed by atoms with Crippen LogP contribution in [0.4, 0.5) is 11.5 Å². The molecule has 0 atom stereocenters. The van der Waals surface area contributed by atoms with Crippen molar-refractivity contribution in [3.8, 4) is 0 Å². The number of nitrogen functional groups attached to an aromatic ring is 1. The summed E-state index contributed by atoms with van der Waals surface area (Å²) < 4.78 is 1.05. The lowest BCUT2D eigenvalue weighted by Crippen LogP contribution is -2.19. The number of aromatic nitrogens is 2. The van der Waals surface area contributed by atoms with Gasteiger partial charge in [-0.25, -0.2) is 4.98 Å². The predicted molar refractivity (Wildman–Crippen MR) is 77.7 cm³/mol. The third-order valence-electron chi connectivity index (χ3n) is 2.49. The molecule has 0 bridgehead atoms. The number of benzene rings is 1. The second kappa shape index (κ2) is 5.54. The molecule has 94 valence electrons.